The predicted molar refractivity (Wildman–Crippen MR) is 107 cm³/mol. The summed E-state index contributed by atoms with van der Waals surface area (Å²) in [6.45, 7) is 1.56. The molecule has 0 aromatic heterocycles. The van der Waals surface area contributed by atoms with E-state index in [4.69, 9.17) is 17.3 Å². The number of anilines is 1. The number of rotatable bonds is 6. The first-order valence-corrected chi connectivity index (χ1v) is 9.30. The molecule has 0 aliphatic carbocycles. The van der Waals surface area contributed by atoms with Crippen molar-refractivity contribution in [3.63, 3.8) is 0 Å². The van der Waals surface area contributed by atoms with Gasteiger partial charge in [-0.05, 0) is 36.2 Å². The summed E-state index contributed by atoms with van der Waals surface area (Å²) in [5, 5.41) is 6.29. The van der Waals surface area contributed by atoms with Gasteiger partial charge in [0, 0.05) is 36.3 Å². The van der Waals surface area contributed by atoms with Crippen LogP contribution in [0.3, 0.4) is 0 Å². The zero-order valence-electron chi connectivity index (χ0n) is 14.9. The van der Waals surface area contributed by atoms with E-state index in [9.17, 15) is 9.59 Å². The van der Waals surface area contributed by atoms with Gasteiger partial charge in [-0.3, -0.25) is 4.79 Å². The minimum absolute atomic E-state index is 0.0149. The van der Waals surface area contributed by atoms with Crippen molar-refractivity contribution in [1.29, 1.82) is 0 Å². The fourth-order valence-corrected chi connectivity index (χ4v) is 3.42. The van der Waals surface area contributed by atoms with Gasteiger partial charge in [0.05, 0.1) is 0 Å². The Bertz CT molecular complexity index is 782. The maximum absolute atomic E-state index is 12.7. The Morgan fingerprint density at radius 1 is 1.15 bits per heavy atom. The van der Waals surface area contributed by atoms with Gasteiger partial charge >= 0.3 is 6.03 Å². The summed E-state index contributed by atoms with van der Waals surface area (Å²) in [5.41, 5.74) is 7.29. The lowest BCUT2D eigenvalue weighted by atomic mass is 10.0. The zero-order chi connectivity index (χ0) is 19.2. The van der Waals surface area contributed by atoms with E-state index < -0.39 is 12.1 Å². The Balaban J connectivity index is 1.60. The van der Waals surface area contributed by atoms with Crippen LogP contribution in [0.4, 0.5) is 10.5 Å². The Morgan fingerprint density at radius 2 is 1.85 bits per heavy atom. The summed E-state index contributed by atoms with van der Waals surface area (Å²) < 4.78 is 0. The highest BCUT2D eigenvalue weighted by molar-refractivity contribution is 6.30. The number of primary amides is 1. The van der Waals surface area contributed by atoms with Gasteiger partial charge < -0.3 is 21.3 Å². The van der Waals surface area contributed by atoms with E-state index in [1.165, 1.54) is 0 Å². The molecule has 6 nitrogen and oxygen atoms in total. The second-order valence-corrected chi connectivity index (χ2v) is 7.10. The van der Waals surface area contributed by atoms with Crippen molar-refractivity contribution in [2.24, 2.45) is 5.73 Å². The molecule has 0 saturated carbocycles. The molecule has 2 aromatic carbocycles. The molecule has 1 saturated heterocycles. The van der Waals surface area contributed by atoms with Crippen molar-refractivity contribution in [1.82, 2.24) is 10.6 Å². The summed E-state index contributed by atoms with van der Waals surface area (Å²) in [6.07, 6.45) is 1.23. The normalized spacial score (nSPS) is 17.4. The molecule has 1 aliphatic heterocycles. The van der Waals surface area contributed by atoms with Gasteiger partial charge in [0.1, 0.15) is 6.04 Å². The molecular formula is C20H23ClN4O2. The number of nitrogens with one attached hydrogen (secondary N) is 2. The number of amides is 3. The Hall–Kier alpha value is -2.73. The molecule has 2 unspecified atom stereocenters. The Morgan fingerprint density at radius 3 is 2.52 bits per heavy atom. The molecule has 0 bridgehead atoms. The van der Waals surface area contributed by atoms with Crippen LogP contribution in [0.5, 0.6) is 0 Å². The third-order valence-corrected chi connectivity index (χ3v) is 4.89. The highest BCUT2D eigenvalue weighted by atomic mass is 35.5. The summed E-state index contributed by atoms with van der Waals surface area (Å²) in [6, 6.07) is 15.8. The second kappa shape index (κ2) is 8.77. The molecule has 0 spiro atoms. The summed E-state index contributed by atoms with van der Waals surface area (Å²) in [5.74, 6) is -0.222. The van der Waals surface area contributed by atoms with Crippen LogP contribution in [0.1, 0.15) is 12.0 Å². The topological polar surface area (TPSA) is 87.5 Å². The molecule has 142 valence electrons. The molecule has 1 heterocycles. The summed E-state index contributed by atoms with van der Waals surface area (Å²) in [7, 11) is 0. The van der Waals surface area contributed by atoms with E-state index in [0.29, 0.717) is 18.0 Å². The van der Waals surface area contributed by atoms with E-state index in [0.717, 1.165) is 24.2 Å². The van der Waals surface area contributed by atoms with E-state index >= 15 is 0 Å². The average molecular weight is 387 g/mol. The van der Waals surface area contributed by atoms with Crippen LogP contribution in [0.15, 0.2) is 54.6 Å². The monoisotopic (exact) mass is 386 g/mol. The van der Waals surface area contributed by atoms with Crippen molar-refractivity contribution in [3.8, 4) is 0 Å². The first-order valence-electron chi connectivity index (χ1n) is 8.92. The Labute approximate surface area is 163 Å². The third-order valence-electron chi connectivity index (χ3n) is 4.64. The van der Waals surface area contributed by atoms with E-state index in [-0.39, 0.29) is 11.9 Å². The SMILES string of the molecule is NC(=O)NC(Cc1ccccc1)C(=O)NC1CCN(c2ccc(Cl)cc2)C1. The molecule has 2 atom stereocenters. The number of carbonyl (C=O) groups excluding carboxylic acids is 2. The van der Waals surface area contributed by atoms with E-state index in [1.807, 2.05) is 54.6 Å². The highest BCUT2D eigenvalue weighted by Crippen LogP contribution is 2.22. The number of urea groups is 1. The van der Waals surface area contributed by atoms with Crippen LogP contribution in [-0.4, -0.2) is 37.1 Å². The first kappa shape index (κ1) is 19.0. The van der Waals surface area contributed by atoms with Gasteiger partial charge in [0.2, 0.25) is 5.91 Å². The third kappa shape index (κ3) is 5.37. The van der Waals surface area contributed by atoms with Gasteiger partial charge in [-0.15, -0.1) is 0 Å². The van der Waals surface area contributed by atoms with Crippen LogP contribution in [0.2, 0.25) is 5.02 Å². The van der Waals surface area contributed by atoms with Crippen LogP contribution < -0.4 is 21.3 Å². The fraction of sp³-hybridized carbons (Fsp3) is 0.300. The maximum atomic E-state index is 12.7. The van der Waals surface area contributed by atoms with Crippen LogP contribution >= 0.6 is 11.6 Å². The van der Waals surface area contributed by atoms with Crippen LogP contribution in [0.25, 0.3) is 0 Å². The number of carbonyl (C=O) groups is 2. The van der Waals surface area contributed by atoms with Gasteiger partial charge in [-0.25, -0.2) is 4.79 Å². The number of benzene rings is 2. The lowest BCUT2D eigenvalue weighted by Crippen LogP contribution is -2.52. The number of hydrogen-bond donors (Lipinski definition) is 3. The lowest BCUT2D eigenvalue weighted by Gasteiger charge is -2.22. The van der Waals surface area contributed by atoms with Gasteiger partial charge in [0.25, 0.3) is 0 Å². The molecule has 7 heteroatoms. The quantitative estimate of drug-likeness (QED) is 0.712. The largest absolute Gasteiger partial charge is 0.369 e. The molecule has 1 fully saturated rings. The number of hydrogen-bond acceptors (Lipinski definition) is 3. The molecule has 1 aliphatic rings. The number of nitrogens with zero attached hydrogens (tertiary/aromatic N) is 1. The Kier molecular flexibility index (Phi) is 6.19. The zero-order valence-corrected chi connectivity index (χ0v) is 15.7. The standard InChI is InChI=1S/C20H23ClN4O2/c21-15-6-8-17(9-7-15)25-11-10-16(13-25)23-19(26)18(24-20(22)27)12-14-4-2-1-3-5-14/h1-9,16,18H,10-13H2,(H,23,26)(H3,22,24,27). The molecule has 3 rings (SSSR count). The first-order chi connectivity index (χ1) is 13.0. The van der Waals surface area contributed by atoms with Gasteiger partial charge in [-0.1, -0.05) is 41.9 Å². The van der Waals surface area contributed by atoms with Crippen LogP contribution in [-0.2, 0) is 11.2 Å². The number of halogens is 1. The van der Waals surface area contributed by atoms with Crippen LogP contribution in [0, 0.1) is 0 Å². The van der Waals surface area contributed by atoms with Gasteiger partial charge in [-0.2, -0.15) is 0 Å². The minimum Gasteiger partial charge on any atom is -0.369 e. The van der Waals surface area contributed by atoms with E-state index in [1.54, 1.807) is 0 Å². The fourth-order valence-electron chi connectivity index (χ4n) is 3.30. The number of nitrogens with two attached hydrogens (primary N) is 1. The smallest absolute Gasteiger partial charge is 0.312 e. The van der Waals surface area contributed by atoms with Gasteiger partial charge in [0.15, 0.2) is 0 Å². The molecule has 0 radical (unpaired) electrons. The minimum atomic E-state index is -0.708. The van der Waals surface area contributed by atoms with E-state index in [2.05, 4.69) is 15.5 Å². The molecular weight excluding hydrogens is 364 g/mol. The maximum Gasteiger partial charge on any atom is 0.312 e. The summed E-state index contributed by atoms with van der Waals surface area (Å²) >= 11 is 5.94. The lowest BCUT2D eigenvalue weighted by molar-refractivity contribution is -0.123. The van der Waals surface area contributed by atoms with Crippen molar-refractivity contribution < 1.29 is 9.59 Å². The van der Waals surface area contributed by atoms with Crippen molar-refractivity contribution in [2.45, 2.75) is 24.9 Å². The summed E-state index contributed by atoms with van der Waals surface area (Å²) in [4.78, 5) is 26.2. The second-order valence-electron chi connectivity index (χ2n) is 6.67. The highest BCUT2D eigenvalue weighted by Gasteiger charge is 2.27. The average Bonchev–Trinajstić information content (AvgIpc) is 3.10. The predicted octanol–water partition coefficient (Wildman–Crippen LogP) is 2.31. The van der Waals surface area contributed by atoms with Crippen molar-refractivity contribution in [3.05, 3.63) is 65.2 Å². The molecule has 3 amide bonds. The molecule has 4 N–H and O–H groups in total. The van der Waals surface area contributed by atoms with Crippen molar-refractivity contribution >= 4 is 29.2 Å². The molecule has 2 aromatic rings. The van der Waals surface area contributed by atoms with Crippen molar-refractivity contribution in [2.75, 3.05) is 18.0 Å². The molecule has 27 heavy (non-hydrogen) atoms.